The molecule has 1 aromatic heterocycles. The normalized spacial score (nSPS) is 15.6. The van der Waals surface area contributed by atoms with Gasteiger partial charge in [0.25, 0.3) is 5.69 Å². The average molecular weight is 494 g/mol. The van der Waals surface area contributed by atoms with Gasteiger partial charge in [-0.15, -0.1) is 0 Å². The van der Waals surface area contributed by atoms with E-state index in [-0.39, 0.29) is 42.2 Å². The highest BCUT2D eigenvalue weighted by Crippen LogP contribution is 2.42. The molecule has 2 heterocycles. The van der Waals surface area contributed by atoms with Crippen molar-refractivity contribution < 1.29 is 28.7 Å². The topological polar surface area (TPSA) is 130 Å². The van der Waals surface area contributed by atoms with Crippen molar-refractivity contribution in [2.24, 2.45) is 0 Å². The number of nitro groups is 1. The molecule has 1 aliphatic rings. The van der Waals surface area contributed by atoms with Gasteiger partial charge >= 0.3 is 11.9 Å². The molecule has 0 saturated carbocycles. The van der Waals surface area contributed by atoms with E-state index in [4.69, 9.17) is 14.2 Å². The minimum Gasteiger partial charge on any atom is -0.460 e. The number of para-hydroxylation sites is 1. The summed E-state index contributed by atoms with van der Waals surface area (Å²) in [6.07, 6.45) is 6.73. The summed E-state index contributed by atoms with van der Waals surface area (Å²) in [7, 11) is 1.47. The predicted molar refractivity (Wildman–Crippen MR) is 131 cm³/mol. The van der Waals surface area contributed by atoms with Crippen molar-refractivity contribution in [2.75, 3.05) is 26.9 Å². The van der Waals surface area contributed by atoms with Crippen molar-refractivity contribution >= 4 is 23.7 Å². The van der Waals surface area contributed by atoms with Crippen LogP contribution in [-0.2, 0) is 23.8 Å². The van der Waals surface area contributed by atoms with Gasteiger partial charge in [0, 0.05) is 42.5 Å². The van der Waals surface area contributed by atoms with E-state index >= 15 is 0 Å². The SMILES string of the molecule is COCCOC(=O)C1=C(C)NC(C)=C(C(=O)OC/C=C/c2ccncc2)C1c1ccccc1[N+](=O)[O-]. The summed E-state index contributed by atoms with van der Waals surface area (Å²) in [5, 5.41) is 14.9. The lowest BCUT2D eigenvalue weighted by Crippen LogP contribution is -2.33. The number of nitrogens with zero attached hydrogens (tertiary/aromatic N) is 2. The second kappa shape index (κ2) is 12.4. The molecule has 10 nitrogen and oxygen atoms in total. The molecule has 1 unspecified atom stereocenters. The highest BCUT2D eigenvalue weighted by molar-refractivity contribution is 6.00. The zero-order valence-corrected chi connectivity index (χ0v) is 20.2. The maximum Gasteiger partial charge on any atom is 0.337 e. The molecule has 2 aromatic rings. The Morgan fingerprint density at radius 2 is 1.67 bits per heavy atom. The number of nitrogens with one attached hydrogen (secondary N) is 1. The third kappa shape index (κ3) is 6.22. The molecule has 0 saturated heterocycles. The Kier molecular flexibility index (Phi) is 9.07. The first-order valence-corrected chi connectivity index (χ1v) is 11.2. The second-order valence-electron chi connectivity index (χ2n) is 7.86. The molecule has 1 aliphatic heterocycles. The van der Waals surface area contributed by atoms with E-state index < -0.39 is 22.8 Å². The van der Waals surface area contributed by atoms with Gasteiger partial charge in [-0.3, -0.25) is 15.1 Å². The quantitative estimate of drug-likeness (QED) is 0.228. The number of pyridine rings is 1. The van der Waals surface area contributed by atoms with Crippen molar-refractivity contribution in [1.29, 1.82) is 0 Å². The van der Waals surface area contributed by atoms with E-state index in [1.54, 1.807) is 56.6 Å². The summed E-state index contributed by atoms with van der Waals surface area (Å²) < 4.78 is 15.8. The monoisotopic (exact) mass is 493 g/mol. The van der Waals surface area contributed by atoms with Crippen LogP contribution in [0, 0.1) is 10.1 Å². The molecule has 0 spiro atoms. The Bertz CT molecular complexity index is 1220. The van der Waals surface area contributed by atoms with Crippen LogP contribution in [0.2, 0.25) is 0 Å². The zero-order chi connectivity index (χ0) is 26.1. The minimum absolute atomic E-state index is 0.0159. The fourth-order valence-corrected chi connectivity index (χ4v) is 3.90. The van der Waals surface area contributed by atoms with E-state index in [0.29, 0.717) is 11.4 Å². The van der Waals surface area contributed by atoms with Gasteiger partial charge in [-0.25, -0.2) is 9.59 Å². The molecule has 0 aliphatic carbocycles. The van der Waals surface area contributed by atoms with Gasteiger partial charge in [0.15, 0.2) is 0 Å². The number of rotatable bonds is 10. The lowest BCUT2D eigenvalue weighted by Gasteiger charge is -2.30. The average Bonchev–Trinajstić information content (AvgIpc) is 2.86. The molecular formula is C26H27N3O7. The Balaban J connectivity index is 1.97. The number of carbonyl (C=O) groups excluding carboxylic acids is 2. The lowest BCUT2D eigenvalue weighted by molar-refractivity contribution is -0.385. The minimum atomic E-state index is -1.07. The fourth-order valence-electron chi connectivity index (χ4n) is 3.90. The van der Waals surface area contributed by atoms with Crippen molar-refractivity contribution in [3.8, 4) is 0 Å². The third-order valence-electron chi connectivity index (χ3n) is 5.49. The maximum absolute atomic E-state index is 13.3. The number of carbonyl (C=O) groups is 2. The number of benzene rings is 1. The summed E-state index contributed by atoms with van der Waals surface area (Å²) in [5.74, 6) is -2.49. The van der Waals surface area contributed by atoms with Crippen LogP contribution in [0.25, 0.3) is 6.08 Å². The zero-order valence-electron chi connectivity index (χ0n) is 20.2. The van der Waals surface area contributed by atoms with Crippen LogP contribution in [0.1, 0.15) is 30.9 Å². The molecule has 0 fully saturated rings. The predicted octanol–water partition coefficient (Wildman–Crippen LogP) is 3.67. The standard InChI is InChI=1S/C26H27N3O7/c1-17-22(25(30)35-14-6-7-19-10-12-27-13-11-19)24(20-8-4-5-9-21(20)29(32)33)23(18(2)28-17)26(31)36-16-15-34-3/h4-13,24,28H,14-16H2,1-3H3/b7-6+. The molecule has 3 rings (SSSR count). The molecule has 1 aromatic carbocycles. The number of nitro benzene ring substituents is 1. The van der Waals surface area contributed by atoms with Crippen LogP contribution in [0.15, 0.2) is 77.4 Å². The highest BCUT2D eigenvalue weighted by Gasteiger charge is 2.40. The first kappa shape index (κ1) is 26.3. The van der Waals surface area contributed by atoms with E-state index in [1.807, 2.05) is 0 Å². The highest BCUT2D eigenvalue weighted by atomic mass is 16.6. The third-order valence-corrected chi connectivity index (χ3v) is 5.49. The van der Waals surface area contributed by atoms with Gasteiger partial charge in [0.2, 0.25) is 0 Å². The molecule has 36 heavy (non-hydrogen) atoms. The Morgan fingerprint density at radius 3 is 2.31 bits per heavy atom. The molecule has 1 N–H and O–H groups in total. The summed E-state index contributed by atoms with van der Waals surface area (Å²) in [5.41, 5.74) is 1.86. The maximum atomic E-state index is 13.3. The van der Waals surface area contributed by atoms with Crippen molar-refractivity contribution in [2.45, 2.75) is 19.8 Å². The van der Waals surface area contributed by atoms with E-state index in [0.717, 1.165) is 5.56 Å². The lowest BCUT2D eigenvalue weighted by atomic mass is 9.79. The number of hydrogen-bond donors (Lipinski definition) is 1. The largest absolute Gasteiger partial charge is 0.460 e. The van der Waals surface area contributed by atoms with Gasteiger partial charge in [-0.05, 0) is 37.6 Å². The van der Waals surface area contributed by atoms with Gasteiger partial charge in [0.05, 0.1) is 28.6 Å². The summed E-state index contributed by atoms with van der Waals surface area (Å²) in [4.78, 5) is 41.6. The second-order valence-corrected chi connectivity index (χ2v) is 7.86. The van der Waals surface area contributed by atoms with Crippen LogP contribution in [0.4, 0.5) is 5.69 Å². The van der Waals surface area contributed by atoms with Crippen LogP contribution in [0.5, 0.6) is 0 Å². The van der Waals surface area contributed by atoms with Crippen molar-refractivity contribution in [3.05, 3.63) is 98.6 Å². The van der Waals surface area contributed by atoms with Gasteiger partial charge in [0.1, 0.15) is 13.2 Å². The smallest absolute Gasteiger partial charge is 0.337 e. The number of allylic oxidation sites excluding steroid dienone is 2. The van der Waals surface area contributed by atoms with Gasteiger partial charge < -0.3 is 19.5 Å². The summed E-state index contributed by atoms with van der Waals surface area (Å²) >= 11 is 0. The number of esters is 2. The first-order chi connectivity index (χ1) is 17.3. The van der Waals surface area contributed by atoms with E-state index in [9.17, 15) is 19.7 Å². The van der Waals surface area contributed by atoms with Crippen LogP contribution >= 0.6 is 0 Å². The molecule has 0 bridgehead atoms. The van der Waals surface area contributed by atoms with Gasteiger partial charge in [-0.2, -0.15) is 0 Å². The molecule has 188 valence electrons. The number of dihydropyridines is 1. The molecule has 0 radical (unpaired) electrons. The Labute approximate surface area is 208 Å². The van der Waals surface area contributed by atoms with Crippen molar-refractivity contribution in [3.63, 3.8) is 0 Å². The number of hydrogen-bond acceptors (Lipinski definition) is 9. The van der Waals surface area contributed by atoms with Crippen molar-refractivity contribution in [1.82, 2.24) is 10.3 Å². The Morgan fingerprint density at radius 1 is 1.03 bits per heavy atom. The fraction of sp³-hybridized carbons (Fsp3) is 0.269. The number of ether oxygens (including phenoxy) is 3. The van der Waals surface area contributed by atoms with Crippen LogP contribution in [0.3, 0.4) is 0 Å². The van der Waals surface area contributed by atoms with Crippen LogP contribution < -0.4 is 5.32 Å². The summed E-state index contributed by atoms with van der Waals surface area (Å²) in [6, 6.07) is 9.59. The molecule has 1 atom stereocenters. The van der Waals surface area contributed by atoms with Crippen LogP contribution in [-0.4, -0.2) is 48.8 Å². The molecular weight excluding hydrogens is 466 g/mol. The summed E-state index contributed by atoms with van der Waals surface area (Å²) in [6.45, 7) is 3.42. The van der Waals surface area contributed by atoms with E-state index in [1.165, 1.54) is 25.3 Å². The molecule has 0 amide bonds. The first-order valence-electron chi connectivity index (χ1n) is 11.2. The van der Waals surface area contributed by atoms with E-state index in [2.05, 4.69) is 10.3 Å². The number of methoxy groups -OCH3 is 1. The Hall–Kier alpha value is -4.31. The number of aromatic nitrogens is 1. The molecule has 10 heteroatoms. The van der Waals surface area contributed by atoms with Gasteiger partial charge in [-0.1, -0.05) is 24.3 Å².